The van der Waals surface area contributed by atoms with Gasteiger partial charge in [-0.2, -0.15) is 5.26 Å². The average Bonchev–Trinajstić information content (AvgIpc) is 2.59. The summed E-state index contributed by atoms with van der Waals surface area (Å²) in [5.41, 5.74) is 6.80. The molecule has 3 heteroatoms. The lowest BCUT2D eigenvalue weighted by Crippen LogP contribution is -2.45. The highest BCUT2D eigenvalue weighted by Crippen LogP contribution is 2.43. The zero-order valence-corrected chi connectivity index (χ0v) is 17.7. The highest BCUT2D eigenvalue weighted by Gasteiger charge is 2.34. The summed E-state index contributed by atoms with van der Waals surface area (Å²) < 4.78 is 1.02. The molecule has 2 aromatic carbocycles. The fourth-order valence-corrected chi connectivity index (χ4v) is 4.12. The van der Waals surface area contributed by atoms with Crippen LogP contribution in [0.5, 0.6) is 0 Å². The lowest BCUT2D eigenvalue weighted by atomic mass is 9.79. The first kappa shape index (κ1) is 18.7. The maximum absolute atomic E-state index is 9.66. The minimum absolute atomic E-state index is 0.158. The Kier molecular flexibility index (Phi) is 4.99. The number of fused-ring (bicyclic) bond motifs is 1. The maximum atomic E-state index is 9.66. The van der Waals surface area contributed by atoms with E-state index in [0.717, 1.165) is 22.0 Å². The number of nitriles is 1. The highest BCUT2D eigenvalue weighted by atomic mass is 79.9. The molecule has 1 aliphatic heterocycles. The number of benzene rings is 2. The number of nitrogens with zero attached hydrogens (tertiary/aromatic N) is 2. The van der Waals surface area contributed by atoms with Crippen molar-refractivity contribution < 1.29 is 0 Å². The van der Waals surface area contributed by atoms with Gasteiger partial charge in [-0.25, -0.2) is 0 Å². The molecule has 0 saturated heterocycles. The van der Waals surface area contributed by atoms with Gasteiger partial charge in [0.15, 0.2) is 0 Å². The van der Waals surface area contributed by atoms with E-state index in [0.29, 0.717) is 11.5 Å². The Morgan fingerprint density at radius 1 is 1.27 bits per heavy atom. The molecule has 0 radical (unpaired) electrons. The predicted molar refractivity (Wildman–Crippen MR) is 114 cm³/mol. The van der Waals surface area contributed by atoms with Crippen molar-refractivity contribution in [1.82, 2.24) is 0 Å². The minimum Gasteiger partial charge on any atom is -0.369 e. The zero-order chi connectivity index (χ0) is 19.1. The van der Waals surface area contributed by atoms with Gasteiger partial charge in [0.1, 0.15) is 0 Å². The average molecular weight is 409 g/mol. The van der Waals surface area contributed by atoms with E-state index in [4.69, 9.17) is 0 Å². The van der Waals surface area contributed by atoms with Crippen LogP contribution in [-0.4, -0.2) is 12.6 Å². The molecule has 1 atom stereocenters. The summed E-state index contributed by atoms with van der Waals surface area (Å²) in [7, 11) is 2.18. The van der Waals surface area contributed by atoms with Crippen LogP contribution in [0.2, 0.25) is 0 Å². The van der Waals surface area contributed by atoms with E-state index >= 15 is 0 Å². The lowest BCUT2D eigenvalue weighted by molar-refractivity contribution is 0.395. The standard InChI is InChI=1S/C23H25BrN2/c1-15-10-22-21(16(2)13-23(3,4)26(22)5)12-18(15)11-19(14-25)17-6-8-20(24)9-7-17/h6-12,16H,13H2,1-5H3/b19-11-/t16-/m1/s1. The number of halogens is 1. The van der Waals surface area contributed by atoms with Crippen LogP contribution < -0.4 is 4.90 Å². The molecule has 2 nitrogen and oxygen atoms in total. The van der Waals surface area contributed by atoms with Gasteiger partial charge in [0.25, 0.3) is 0 Å². The molecule has 134 valence electrons. The molecule has 0 fully saturated rings. The summed E-state index contributed by atoms with van der Waals surface area (Å²) in [5, 5.41) is 9.66. The molecule has 0 unspecified atom stereocenters. The SMILES string of the molecule is Cc1cc2c(cc1/C=C(/C#N)c1ccc(Br)cc1)[C@H](C)CC(C)(C)N2C. The van der Waals surface area contributed by atoms with Gasteiger partial charge in [0, 0.05) is 22.7 Å². The molecule has 0 bridgehead atoms. The number of anilines is 1. The Morgan fingerprint density at radius 3 is 2.54 bits per heavy atom. The van der Waals surface area contributed by atoms with Crippen molar-refractivity contribution in [3.63, 3.8) is 0 Å². The quantitative estimate of drug-likeness (QED) is 0.416. The molecule has 0 N–H and O–H groups in total. The van der Waals surface area contributed by atoms with E-state index in [-0.39, 0.29) is 5.54 Å². The molecule has 26 heavy (non-hydrogen) atoms. The van der Waals surface area contributed by atoms with Crippen LogP contribution in [-0.2, 0) is 0 Å². The molecule has 0 aromatic heterocycles. The third-order valence-corrected chi connectivity index (χ3v) is 6.13. The number of aryl methyl sites for hydroxylation is 1. The van der Waals surface area contributed by atoms with Crippen molar-refractivity contribution >= 4 is 33.3 Å². The molecule has 0 aliphatic carbocycles. The Bertz CT molecular complexity index is 901. The number of hydrogen-bond donors (Lipinski definition) is 0. The number of allylic oxidation sites excluding steroid dienone is 1. The monoisotopic (exact) mass is 408 g/mol. The smallest absolute Gasteiger partial charge is 0.0998 e. The molecule has 2 aromatic rings. The summed E-state index contributed by atoms with van der Waals surface area (Å²) in [5.74, 6) is 0.502. The molecule has 0 saturated carbocycles. The molecule has 0 amide bonds. The van der Waals surface area contributed by atoms with Crippen LogP contribution in [0.1, 0.15) is 55.4 Å². The second-order valence-electron chi connectivity index (χ2n) is 7.92. The topological polar surface area (TPSA) is 27.0 Å². The third-order valence-electron chi connectivity index (χ3n) is 5.60. The van der Waals surface area contributed by atoms with Crippen molar-refractivity contribution in [3.8, 4) is 6.07 Å². The van der Waals surface area contributed by atoms with E-state index in [9.17, 15) is 5.26 Å². The van der Waals surface area contributed by atoms with Crippen LogP contribution in [0.4, 0.5) is 5.69 Å². The van der Waals surface area contributed by atoms with Crippen molar-refractivity contribution in [2.75, 3.05) is 11.9 Å². The normalized spacial score (nSPS) is 19.0. The van der Waals surface area contributed by atoms with Gasteiger partial charge in [-0.15, -0.1) is 0 Å². The van der Waals surface area contributed by atoms with E-state index in [1.54, 1.807) is 0 Å². The van der Waals surface area contributed by atoms with Gasteiger partial charge in [-0.3, -0.25) is 0 Å². The summed E-state index contributed by atoms with van der Waals surface area (Å²) in [4.78, 5) is 2.39. The van der Waals surface area contributed by atoms with Crippen LogP contribution in [0.25, 0.3) is 11.6 Å². The number of hydrogen-bond acceptors (Lipinski definition) is 2. The second kappa shape index (κ2) is 6.93. The molecule has 1 heterocycles. The Morgan fingerprint density at radius 2 is 1.92 bits per heavy atom. The van der Waals surface area contributed by atoms with Crippen LogP contribution in [0, 0.1) is 18.3 Å². The number of rotatable bonds is 2. The summed E-state index contributed by atoms with van der Waals surface area (Å²) in [6, 6.07) is 14.8. The van der Waals surface area contributed by atoms with Crippen molar-refractivity contribution in [3.05, 3.63) is 63.1 Å². The molecule has 0 spiro atoms. The summed E-state index contributed by atoms with van der Waals surface area (Å²) in [6.45, 7) is 9.03. The van der Waals surface area contributed by atoms with Gasteiger partial charge in [-0.05, 0) is 85.7 Å². The maximum Gasteiger partial charge on any atom is 0.0998 e. The fraction of sp³-hybridized carbons (Fsp3) is 0.348. The van der Waals surface area contributed by atoms with Gasteiger partial charge in [0.2, 0.25) is 0 Å². The predicted octanol–water partition coefficient (Wildman–Crippen LogP) is 6.54. The molecular weight excluding hydrogens is 384 g/mol. The van der Waals surface area contributed by atoms with E-state index in [1.165, 1.54) is 16.8 Å². The van der Waals surface area contributed by atoms with E-state index in [1.807, 2.05) is 30.3 Å². The highest BCUT2D eigenvalue weighted by molar-refractivity contribution is 9.10. The fourth-order valence-electron chi connectivity index (χ4n) is 3.86. The van der Waals surface area contributed by atoms with Gasteiger partial charge < -0.3 is 4.90 Å². The third kappa shape index (κ3) is 3.44. The van der Waals surface area contributed by atoms with E-state index < -0.39 is 0 Å². The van der Waals surface area contributed by atoms with Gasteiger partial charge in [-0.1, -0.05) is 35.0 Å². The van der Waals surface area contributed by atoms with Crippen molar-refractivity contribution in [2.45, 2.75) is 45.6 Å². The van der Waals surface area contributed by atoms with Gasteiger partial charge >= 0.3 is 0 Å². The van der Waals surface area contributed by atoms with Gasteiger partial charge in [0.05, 0.1) is 11.6 Å². The Balaban J connectivity index is 2.08. The first-order chi connectivity index (χ1) is 12.2. The largest absolute Gasteiger partial charge is 0.369 e. The molecular formula is C23H25BrN2. The molecule has 3 rings (SSSR count). The first-order valence-corrected chi connectivity index (χ1v) is 9.78. The first-order valence-electron chi connectivity index (χ1n) is 8.99. The van der Waals surface area contributed by atoms with Crippen LogP contribution >= 0.6 is 15.9 Å². The van der Waals surface area contributed by atoms with E-state index in [2.05, 4.69) is 73.8 Å². The minimum atomic E-state index is 0.158. The van der Waals surface area contributed by atoms with Crippen LogP contribution in [0.3, 0.4) is 0 Å². The Hall–Kier alpha value is -2.05. The molecule has 1 aliphatic rings. The van der Waals surface area contributed by atoms with Crippen molar-refractivity contribution in [2.24, 2.45) is 0 Å². The lowest BCUT2D eigenvalue weighted by Gasteiger charge is -2.45. The van der Waals surface area contributed by atoms with Crippen molar-refractivity contribution in [1.29, 1.82) is 5.26 Å². The summed E-state index contributed by atoms with van der Waals surface area (Å²) in [6.07, 6.45) is 3.14. The van der Waals surface area contributed by atoms with Crippen LogP contribution in [0.15, 0.2) is 40.9 Å². The Labute approximate surface area is 165 Å². The second-order valence-corrected chi connectivity index (χ2v) is 8.84. The zero-order valence-electron chi connectivity index (χ0n) is 16.1. The summed E-state index contributed by atoms with van der Waals surface area (Å²) >= 11 is 3.45.